The maximum Gasteiger partial charge on any atom is 0.257 e. The van der Waals surface area contributed by atoms with Crippen molar-refractivity contribution in [3.05, 3.63) is 23.3 Å². The van der Waals surface area contributed by atoms with E-state index in [9.17, 15) is 4.79 Å². The maximum absolute atomic E-state index is 12.2. The first kappa shape index (κ1) is 11.0. The second kappa shape index (κ2) is 4.60. The molecule has 1 saturated heterocycles. The fourth-order valence-corrected chi connectivity index (χ4v) is 2.06. The van der Waals surface area contributed by atoms with Crippen LogP contribution in [-0.4, -0.2) is 33.9 Å². The van der Waals surface area contributed by atoms with Crippen molar-refractivity contribution >= 4 is 5.91 Å². The lowest BCUT2D eigenvalue weighted by Crippen LogP contribution is -2.29. The fourth-order valence-electron chi connectivity index (χ4n) is 2.06. The van der Waals surface area contributed by atoms with Gasteiger partial charge in [-0.3, -0.25) is 4.79 Å². The van der Waals surface area contributed by atoms with Crippen LogP contribution in [0.4, 0.5) is 0 Å². The molecule has 0 saturated carbocycles. The first-order valence-electron chi connectivity index (χ1n) is 5.84. The van der Waals surface area contributed by atoms with Crippen molar-refractivity contribution in [1.82, 2.24) is 14.9 Å². The first-order valence-corrected chi connectivity index (χ1v) is 5.84. The van der Waals surface area contributed by atoms with Crippen LogP contribution in [0.3, 0.4) is 0 Å². The van der Waals surface area contributed by atoms with E-state index < -0.39 is 0 Å². The second-order valence-electron chi connectivity index (χ2n) is 4.13. The minimum absolute atomic E-state index is 0.0920. The molecule has 0 aliphatic carbocycles. The molecule has 2 heterocycles. The zero-order valence-corrected chi connectivity index (χ0v) is 9.86. The molecule has 4 heteroatoms. The Balaban J connectivity index is 2.28. The van der Waals surface area contributed by atoms with Gasteiger partial charge in [0.25, 0.3) is 5.91 Å². The Morgan fingerprint density at radius 2 is 2.12 bits per heavy atom. The Morgan fingerprint density at radius 1 is 1.44 bits per heavy atom. The van der Waals surface area contributed by atoms with E-state index in [0.717, 1.165) is 43.9 Å². The summed E-state index contributed by atoms with van der Waals surface area (Å²) in [6, 6.07) is 0. The Hall–Kier alpha value is -1.45. The van der Waals surface area contributed by atoms with Gasteiger partial charge in [-0.25, -0.2) is 9.97 Å². The summed E-state index contributed by atoms with van der Waals surface area (Å²) in [5.74, 6) is 0.823. The topological polar surface area (TPSA) is 46.1 Å². The van der Waals surface area contributed by atoms with Crippen LogP contribution in [0, 0.1) is 6.92 Å². The zero-order valence-electron chi connectivity index (χ0n) is 9.86. The predicted molar refractivity (Wildman–Crippen MR) is 61.3 cm³/mol. The molecule has 1 amide bonds. The summed E-state index contributed by atoms with van der Waals surface area (Å²) in [5.41, 5.74) is 1.54. The number of nitrogens with zero attached hydrogens (tertiary/aromatic N) is 3. The lowest BCUT2D eigenvalue weighted by molar-refractivity contribution is 0.0790. The summed E-state index contributed by atoms with van der Waals surface area (Å²) in [7, 11) is 0. The van der Waals surface area contributed by atoms with Crippen molar-refractivity contribution in [2.75, 3.05) is 13.1 Å². The van der Waals surface area contributed by atoms with Gasteiger partial charge >= 0.3 is 0 Å². The van der Waals surface area contributed by atoms with Gasteiger partial charge in [0.05, 0.1) is 11.3 Å². The molecule has 4 nitrogen and oxygen atoms in total. The number of hydrogen-bond donors (Lipinski definition) is 0. The van der Waals surface area contributed by atoms with Crippen molar-refractivity contribution in [2.45, 2.75) is 33.1 Å². The molecule has 1 aliphatic rings. The normalized spacial score (nSPS) is 15.5. The summed E-state index contributed by atoms with van der Waals surface area (Å²) in [6.45, 7) is 5.61. The van der Waals surface area contributed by atoms with Gasteiger partial charge in [-0.15, -0.1) is 0 Å². The molecule has 1 fully saturated rings. The highest BCUT2D eigenvalue weighted by Crippen LogP contribution is 2.15. The molecule has 0 N–H and O–H groups in total. The summed E-state index contributed by atoms with van der Waals surface area (Å²) >= 11 is 0. The number of hydrogen-bond acceptors (Lipinski definition) is 3. The van der Waals surface area contributed by atoms with E-state index in [2.05, 4.69) is 9.97 Å². The molecule has 16 heavy (non-hydrogen) atoms. The molecule has 2 rings (SSSR count). The number of aromatic nitrogens is 2. The average molecular weight is 219 g/mol. The second-order valence-corrected chi connectivity index (χ2v) is 4.13. The van der Waals surface area contributed by atoms with Crippen molar-refractivity contribution < 1.29 is 4.79 Å². The third-order valence-corrected chi connectivity index (χ3v) is 2.95. The molecule has 0 atom stereocenters. The molecule has 0 aromatic carbocycles. The SMILES string of the molecule is CCc1nc(C)ncc1C(=O)N1CCCC1. The average Bonchev–Trinajstić information content (AvgIpc) is 2.81. The van der Waals surface area contributed by atoms with Crippen molar-refractivity contribution in [3.63, 3.8) is 0 Å². The van der Waals surface area contributed by atoms with Crippen LogP contribution >= 0.6 is 0 Å². The smallest absolute Gasteiger partial charge is 0.257 e. The molecule has 0 unspecified atom stereocenters. The molecular formula is C12H17N3O. The van der Waals surface area contributed by atoms with Crippen molar-refractivity contribution in [1.29, 1.82) is 0 Å². The minimum atomic E-state index is 0.0920. The monoisotopic (exact) mass is 219 g/mol. The van der Waals surface area contributed by atoms with Crippen LogP contribution in [-0.2, 0) is 6.42 Å². The quantitative estimate of drug-likeness (QED) is 0.758. The number of amides is 1. The Morgan fingerprint density at radius 3 is 2.75 bits per heavy atom. The molecule has 0 spiro atoms. The molecule has 1 aliphatic heterocycles. The Bertz CT molecular complexity index is 397. The van der Waals surface area contributed by atoms with Crippen molar-refractivity contribution in [2.24, 2.45) is 0 Å². The van der Waals surface area contributed by atoms with Gasteiger partial charge < -0.3 is 4.90 Å². The van der Waals surface area contributed by atoms with E-state index in [1.807, 2.05) is 18.7 Å². The minimum Gasteiger partial charge on any atom is -0.339 e. The first-order chi connectivity index (χ1) is 7.72. The molecule has 86 valence electrons. The van der Waals surface area contributed by atoms with Gasteiger partial charge in [0.1, 0.15) is 5.82 Å². The Labute approximate surface area is 95.7 Å². The zero-order chi connectivity index (χ0) is 11.5. The molecule has 1 aromatic rings. The predicted octanol–water partition coefficient (Wildman–Crippen LogP) is 1.58. The largest absolute Gasteiger partial charge is 0.339 e. The summed E-state index contributed by atoms with van der Waals surface area (Å²) in [4.78, 5) is 22.5. The van der Waals surface area contributed by atoms with Gasteiger partial charge in [0.15, 0.2) is 0 Å². The van der Waals surface area contributed by atoms with Crippen molar-refractivity contribution in [3.8, 4) is 0 Å². The van der Waals surface area contributed by atoms with Gasteiger partial charge in [-0.2, -0.15) is 0 Å². The van der Waals surface area contributed by atoms with Gasteiger partial charge in [0, 0.05) is 19.3 Å². The molecule has 0 radical (unpaired) electrons. The highest BCUT2D eigenvalue weighted by atomic mass is 16.2. The number of carbonyl (C=O) groups excluding carboxylic acids is 1. The van der Waals surface area contributed by atoms with E-state index in [0.29, 0.717) is 5.56 Å². The number of carbonyl (C=O) groups is 1. The van der Waals surface area contributed by atoms with E-state index >= 15 is 0 Å². The summed E-state index contributed by atoms with van der Waals surface area (Å²) in [6.07, 6.45) is 4.67. The molecule has 0 bridgehead atoms. The summed E-state index contributed by atoms with van der Waals surface area (Å²) in [5, 5.41) is 0. The molecular weight excluding hydrogens is 202 g/mol. The maximum atomic E-state index is 12.2. The highest BCUT2D eigenvalue weighted by Gasteiger charge is 2.22. The van der Waals surface area contributed by atoms with Crippen LogP contribution in [0.5, 0.6) is 0 Å². The third kappa shape index (κ3) is 2.05. The number of likely N-dealkylation sites (tertiary alicyclic amines) is 1. The van der Waals surface area contributed by atoms with E-state index in [1.54, 1.807) is 6.20 Å². The van der Waals surface area contributed by atoms with E-state index in [-0.39, 0.29) is 5.91 Å². The lowest BCUT2D eigenvalue weighted by Gasteiger charge is -2.16. The van der Waals surface area contributed by atoms with E-state index in [4.69, 9.17) is 0 Å². The van der Waals surface area contributed by atoms with Gasteiger partial charge in [0.2, 0.25) is 0 Å². The molecule has 1 aromatic heterocycles. The van der Waals surface area contributed by atoms with Crippen LogP contribution in [0.1, 0.15) is 41.6 Å². The van der Waals surface area contributed by atoms with Crippen LogP contribution in [0.15, 0.2) is 6.20 Å². The standard InChI is InChI=1S/C12H17N3O/c1-3-11-10(8-13-9(2)14-11)12(16)15-6-4-5-7-15/h8H,3-7H2,1-2H3. The van der Waals surface area contributed by atoms with E-state index in [1.165, 1.54) is 0 Å². The van der Waals surface area contributed by atoms with Gasteiger partial charge in [-0.05, 0) is 26.2 Å². The van der Waals surface area contributed by atoms with Crippen LogP contribution in [0.25, 0.3) is 0 Å². The highest BCUT2D eigenvalue weighted by molar-refractivity contribution is 5.95. The van der Waals surface area contributed by atoms with Crippen LogP contribution in [0.2, 0.25) is 0 Å². The number of aryl methyl sites for hydroxylation is 2. The third-order valence-electron chi connectivity index (χ3n) is 2.95. The fraction of sp³-hybridized carbons (Fsp3) is 0.583. The Kier molecular flexibility index (Phi) is 3.17. The number of rotatable bonds is 2. The summed E-state index contributed by atoms with van der Waals surface area (Å²) < 4.78 is 0. The van der Waals surface area contributed by atoms with Crippen LogP contribution < -0.4 is 0 Å². The lowest BCUT2D eigenvalue weighted by atomic mass is 10.1. The van der Waals surface area contributed by atoms with Gasteiger partial charge in [-0.1, -0.05) is 6.92 Å².